The number of hydrogen-bond acceptors (Lipinski definition) is 5. The van der Waals surface area contributed by atoms with Crippen molar-refractivity contribution < 1.29 is 23.9 Å². The summed E-state index contributed by atoms with van der Waals surface area (Å²) in [5, 5.41) is 2.96. The van der Waals surface area contributed by atoms with E-state index in [1.54, 1.807) is 12.0 Å². The highest BCUT2D eigenvalue weighted by atomic mass is 16.5. The predicted octanol–water partition coefficient (Wildman–Crippen LogP) is 2.09. The number of amides is 3. The van der Waals surface area contributed by atoms with Crippen LogP contribution in [0.25, 0.3) is 0 Å². The maximum absolute atomic E-state index is 13.1. The van der Waals surface area contributed by atoms with Gasteiger partial charge in [-0.3, -0.25) is 14.4 Å². The largest absolute Gasteiger partial charge is 0.493 e. The first-order valence-electron chi connectivity index (χ1n) is 12.1. The molecular formula is C25H37N3O5. The zero-order valence-corrected chi connectivity index (χ0v) is 19.7. The van der Waals surface area contributed by atoms with Crippen molar-refractivity contribution in [2.24, 2.45) is 11.8 Å². The number of ether oxygens (including phenoxy) is 2. The van der Waals surface area contributed by atoms with Crippen LogP contribution in [0.1, 0.15) is 38.5 Å². The SMILES string of the molecule is COCCCNC(=O)C1CCN(C(=O)C2CCCN(C(=O)CCOc3ccccc3)C2)CC1. The molecule has 0 radical (unpaired) electrons. The zero-order chi connectivity index (χ0) is 23.5. The number of methoxy groups -OCH3 is 1. The van der Waals surface area contributed by atoms with Crippen molar-refractivity contribution in [1.82, 2.24) is 15.1 Å². The van der Waals surface area contributed by atoms with Gasteiger partial charge in [-0.15, -0.1) is 0 Å². The summed E-state index contributed by atoms with van der Waals surface area (Å²) in [5.41, 5.74) is 0. The minimum absolute atomic E-state index is 0.0345. The van der Waals surface area contributed by atoms with Crippen LogP contribution in [0.2, 0.25) is 0 Å². The van der Waals surface area contributed by atoms with Crippen LogP contribution in [-0.4, -0.2) is 80.6 Å². The van der Waals surface area contributed by atoms with E-state index in [9.17, 15) is 14.4 Å². The molecule has 2 saturated heterocycles. The summed E-state index contributed by atoms with van der Waals surface area (Å²) in [4.78, 5) is 41.7. The van der Waals surface area contributed by atoms with Gasteiger partial charge in [0.15, 0.2) is 0 Å². The van der Waals surface area contributed by atoms with Crippen LogP contribution in [0.5, 0.6) is 5.75 Å². The minimum atomic E-state index is -0.155. The Morgan fingerprint density at radius 2 is 1.73 bits per heavy atom. The van der Waals surface area contributed by atoms with E-state index in [0.717, 1.165) is 25.0 Å². The first-order chi connectivity index (χ1) is 16.1. The Kier molecular flexibility index (Phi) is 10.00. The summed E-state index contributed by atoms with van der Waals surface area (Å²) in [7, 11) is 1.65. The van der Waals surface area contributed by atoms with E-state index in [-0.39, 0.29) is 29.6 Å². The molecule has 8 heteroatoms. The van der Waals surface area contributed by atoms with Crippen LogP contribution in [0.15, 0.2) is 30.3 Å². The highest BCUT2D eigenvalue weighted by Gasteiger charge is 2.34. The normalized spacial score (nSPS) is 19.2. The number of carbonyl (C=O) groups is 3. The smallest absolute Gasteiger partial charge is 0.227 e. The molecule has 3 amide bonds. The number of nitrogens with one attached hydrogen (secondary N) is 1. The van der Waals surface area contributed by atoms with Crippen molar-refractivity contribution in [2.45, 2.75) is 38.5 Å². The van der Waals surface area contributed by atoms with Gasteiger partial charge < -0.3 is 24.6 Å². The lowest BCUT2D eigenvalue weighted by Crippen LogP contribution is -2.49. The maximum atomic E-state index is 13.1. The Labute approximate surface area is 196 Å². The highest BCUT2D eigenvalue weighted by Crippen LogP contribution is 2.24. The minimum Gasteiger partial charge on any atom is -0.493 e. The monoisotopic (exact) mass is 459 g/mol. The fourth-order valence-corrected chi connectivity index (χ4v) is 4.53. The Hall–Kier alpha value is -2.61. The van der Waals surface area contributed by atoms with Crippen LogP contribution in [0.4, 0.5) is 0 Å². The number of carbonyl (C=O) groups excluding carboxylic acids is 3. The molecule has 2 fully saturated rings. The Morgan fingerprint density at radius 3 is 2.45 bits per heavy atom. The fourth-order valence-electron chi connectivity index (χ4n) is 4.53. The standard InChI is InChI=1S/C25H37N3O5/c1-32-17-6-13-26-24(30)20-10-15-27(16-11-20)25(31)21-7-5-14-28(19-21)23(29)12-18-33-22-8-3-2-4-9-22/h2-4,8-9,20-21H,5-7,10-19H2,1H3,(H,26,30). The van der Waals surface area contributed by atoms with E-state index < -0.39 is 0 Å². The molecule has 182 valence electrons. The van der Waals surface area contributed by atoms with Gasteiger partial charge in [-0.2, -0.15) is 0 Å². The van der Waals surface area contributed by atoms with E-state index >= 15 is 0 Å². The van der Waals surface area contributed by atoms with Gasteiger partial charge in [0.1, 0.15) is 5.75 Å². The van der Waals surface area contributed by atoms with Gasteiger partial charge in [0.25, 0.3) is 0 Å². The number of likely N-dealkylation sites (tertiary alicyclic amines) is 2. The van der Waals surface area contributed by atoms with E-state index in [1.807, 2.05) is 35.2 Å². The van der Waals surface area contributed by atoms with Crippen molar-refractivity contribution >= 4 is 17.7 Å². The molecule has 0 aliphatic carbocycles. The van der Waals surface area contributed by atoms with Gasteiger partial charge in [0.05, 0.1) is 18.9 Å². The van der Waals surface area contributed by atoms with Crippen molar-refractivity contribution in [3.8, 4) is 5.75 Å². The number of para-hydroxylation sites is 1. The van der Waals surface area contributed by atoms with Gasteiger partial charge >= 0.3 is 0 Å². The van der Waals surface area contributed by atoms with Crippen LogP contribution in [0, 0.1) is 11.8 Å². The summed E-state index contributed by atoms with van der Waals surface area (Å²) < 4.78 is 10.6. The van der Waals surface area contributed by atoms with Gasteiger partial charge in [-0.1, -0.05) is 18.2 Å². The average molecular weight is 460 g/mol. The van der Waals surface area contributed by atoms with E-state index in [2.05, 4.69) is 5.32 Å². The van der Waals surface area contributed by atoms with E-state index in [4.69, 9.17) is 9.47 Å². The topological polar surface area (TPSA) is 88.2 Å². The third kappa shape index (κ3) is 7.74. The van der Waals surface area contributed by atoms with E-state index in [0.29, 0.717) is 65.2 Å². The second kappa shape index (κ2) is 13.2. The lowest BCUT2D eigenvalue weighted by molar-refractivity contribution is -0.143. The summed E-state index contributed by atoms with van der Waals surface area (Å²) >= 11 is 0. The third-order valence-corrected chi connectivity index (χ3v) is 6.45. The fraction of sp³-hybridized carbons (Fsp3) is 0.640. The van der Waals surface area contributed by atoms with Crippen molar-refractivity contribution in [3.05, 3.63) is 30.3 Å². The molecule has 1 aromatic rings. The number of piperidine rings is 2. The Balaban J connectivity index is 1.38. The lowest BCUT2D eigenvalue weighted by atomic mass is 9.92. The molecule has 1 aromatic carbocycles. The molecule has 2 aliphatic heterocycles. The number of hydrogen-bond donors (Lipinski definition) is 1. The first-order valence-corrected chi connectivity index (χ1v) is 12.1. The van der Waals surface area contributed by atoms with E-state index in [1.165, 1.54) is 0 Å². The molecule has 0 bridgehead atoms. The lowest BCUT2D eigenvalue weighted by Gasteiger charge is -2.37. The number of benzene rings is 1. The van der Waals surface area contributed by atoms with Gasteiger partial charge in [-0.25, -0.2) is 0 Å². The zero-order valence-electron chi connectivity index (χ0n) is 19.7. The molecule has 33 heavy (non-hydrogen) atoms. The quantitative estimate of drug-likeness (QED) is 0.542. The number of rotatable bonds is 10. The summed E-state index contributed by atoms with van der Waals surface area (Å²) in [6.45, 7) is 3.96. The second-order valence-corrected chi connectivity index (χ2v) is 8.83. The molecule has 0 spiro atoms. The van der Waals surface area contributed by atoms with Crippen LogP contribution >= 0.6 is 0 Å². The molecule has 1 atom stereocenters. The summed E-state index contributed by atoms with van der Waals surface area (Å²) in [6.07, 6.45) is 4.13. The van der Waals surface area contributed by atoms with Crippen molar-refractivity contribution in [3.63, 3.8) is 0 Å². The second-order valence-electron chi connectivity index (χ2n) is 8.83. The molecule has 0 aromatic heterocycles. The highest BCUT2D eigenvalue weighted by molar-refractivity contribution is 5.82. The van der Waals surface area contributed by atoms with Crippen LogP contribution in [-0.2, 0) is 19.1 Å². The molecule has 0 saturated carbocycles. The molecule has 8 nitrogen and oxygen atoms in total. The van der Waals surface area contributed by atoms with Gasteiger partial charge in [0, 0.05) is 52.4 Å². The Morgan fingerprint density at radius 1 is 0.970 bits per heavy atom. The van der Waals surface area contributed by atoms with Gasteiger partial charge in [0.2, 0.25) is 17.7 Å². The maximum Gasteiger partial charge on any atom is 0.227 e. The number of nitrogens with zero attached hydrogens (tertiary/aromatic N) is 2. The average Bonchev–Trinajstić information content (AvgIpc) is 2.87. The van der Waals surface area contributed by atoms with Crippen LogP contribution in [0.3, 0.4) is 0 Å². The molecule has 2 aliphatic rings. The first kappa shape index (κ1) is 25.0. The van der Waals surface area contributed by atoms with Crippen molar-refractivity contribution in [2.75, 3.05) is 53.0 Å². The molecule has 2 heterocycles. The third-order valence-electron chi connectivity index (χ3n) is 6.45. The van der Waals surface area contributed by atoms with Crippen molar-refractivity contribution in [1.29, 1.82) is 0 Å². The van der Waals surface area contributed by atoms with Crippen LogP contribution < -0.4 is 10.1 Å². The summed E-state index contributed by atoms with van der Waals surface area (Å²) in [6, 6.07) is 9.46. The molecule has 3 rings (SSSR count). The molecular weight excluding hydrogens is 422 g/mol. The predicted molar refractivity (Wildman–Crippen MR) is 125 cm³/mol. The Bertz CT molecular complexity index is 765. The summed E-state index contributed by atoms with van der Waals surface area (Å²) in [5.74, 6) is 0.788. The van der Waals surface area contributed by atoms with Gasteiger partial charge in [-0.05, 0) is 44.2 Å². The molecule has 1 N–H and O–H groups in total. The molecule has 1 unspecified atom stereocenters.